The number of benzene rings is 1. The normalized spacial score (nSPS) is 35.0. The minimum absolute atomic E-state index is 0.166. The number of ether oxygens (including phenoxy) is 1. The zero-order valence-electron chi connectivity index (χ0n) is 14.6. The Balaban J connectivity index is 1.31. The van der Waals surface area contributed by atoms with Crippen molar-refractivity contribution in [3.05, 3.63) is 36.0 Å². The lowest BCUT2D eigenvalue weighted by molar-refractivity contribution is -0.168. The second-order valence-corrected chi connectivity index (χ2v) is 9.44. The Labute approximate surface area is 157 Å². The first-order valence-corrected chi connectivity index (χ1v) is 9.80. The number of halogens is 1. The first kappa shape index (κ1) is 16.4. The lowest BCUT2D eigenvalue weighted by Crippen LogP contribution is -2.56. The molecule has 136 valence electrons. The molecule has 1 heterocycles. The standard InChI is InChI=1S/C21H22ClNO3/c22-21-8-13-5-14(9-21)7-20(6-13,12-21)19(25)26-11-18(24)16-10-23-17-4-2-1-3-15(16)17/h1-4,10,13-14,23H,5-9,11-12H2/t13-,14+,20?,21?. The predicted molar refractivity (Wildman–Crippen MR) is 99.3 cm³/mol. The number of H-pyrrole nitrogens is 1. The average molecular weight is 372 g/mol. The molecule has 0 radical (unpaired) electrons. The van der Waals surface area contributed by atoms with E-state index in [-0.39, 0.29) is 23.2 Å². The molecule has 4 nitrogen and oxygen atoms in total. The van der Waals surface area contributed by atoms with E-state index in [2.05, 4.69) is 4.98 Å². The van der Waals surface area contributed by atoms with E-state index in [1.165, 1.54) is 6.42 Å². The van der Waals surface area contributed by atoms with Gasteiger partial charge in [-0.25, -0.2) is 0 Å². The van der Waals surface area contributed by atoms with E-state index in [1.807, 2.05) is 24.3 Å². The lowest BCUT2D eigenvalue weighted by atomic mass is 9.49. The summed E-state index contributed by atoms with van der Waals surface area (Å²) in [6.45, 7) is -0.201. The number of esters is 1. The molecule has 26 heavy (non-hydrogen) atoms. The number of ketones is 1. The van der Waals surface area contributed by atoms with Crippen LogP contribution in [0.2, 0.25) is 0 Å². The number of hydrogen-bond donors (Lipinski definition) is 1. The van der Waals surface area contributed by atoms with Gasteiger partial charge in [-0.3, -0.25) is 9.59 Å². The molecule has 1 aromatic carbocycles. The third-order valence-corrected chi connectivity index (χ3v) is 7.09. The third-order valence-electron chi connectivity index (χ3n) is 6.65. The minimum atomic E-state index is -0.466. The van der Waals surface area contributed by atoms with E-state index in [0.29, 0.717) is 23.8 Å². The van der Waals surface area contributed by atoms with Crippen LogP contribution in [0.4, 0.5) is 0 Å². The Morgan fingerprint density at radius 3 is 2.62 bits per heavy atom. The Bertz CT molecular complexity index is 888. The van der Waals surface area contributed by atoms with Crippen LogP contribution >= 0.6 is 11.6 Å². The fourth-order valence-corrected chi connectivity index (χ4v) is 6.75. The molecule has 2 aromatic rings. The van der Waals surface area contributed by atoms with Gasteiger partial charge in [-0.1, -0.05) is 18.2 Å². The number of carbonyl (C=O) groups is 2. The predicted octanol–water partition coefficient (Wildman–Crippen LogP) is 4.47. The minimum Gasteiger partial charge on any atom is -0.457 e. The van der Waals surface area contributed by atoms with Crippen molar-refractivity contribution in [2.24, 2.45) is 17.3 Å². The van der Waals surface area contributed by atoms with E-state index in [1.54, 1.807) is 6.20 Å². The van der Waals surface area contributed by atoms with Crippen molar-refractivity contribution in [3.63, 3.8) is 0 Å². The van der Waals surface area contributed by atoms with Crippen molar-refractivity contribution < 1.29 is 14.3 Å². The summed E-state index contributed by atoms with van der Waals surface area (Å²) in [7, 11) is 0. The summed E-state index contributed by atoms with van der Waals surface area (Å²) < 4.78 is 5.55. The fourth-order valence-electron chi connectivity index (χ4n) is 6.05. The number of nitrogens with one attached hydrogen (secondary N) is 1. The summed E-state index contributed by atoms with van der Waals surface area (Å²) in [5.41, 5.74) is 1.02. The summed E-state index contributed by atoms with van der Waals surface area (Å²) in [6, 6.07) is 7.64. The summed E-state index contributed by atoms with van der Waals surface area (Å²) in [4.78, 5) is 28.4. The number of rotatable bonds is 4. The Morgan fingerprint density at radius 2 is 1.88 bits per heavy atom. The molecule has 6 rings (SSSR count). The quantitative estimate of drug-likeness (QED) is 0.490. The van der Waals surface area contributed by atoms with E-state index in [9.17, 15) is 9.59 Å². The van der Waals surface area contributed by atoms with Crippen LogP contribution in [0.25, 0.3) is 10.9 Å². The van der Waals surface area contributed by atoms with Crippen molar-refractivity contribution in [1.82, 2.24) is 4.98 Å². The summed E-state index contributed by atoms with van der Waals surface area (Å²) in [6.07, 6.45) is 7.38. The third kappa shape index (κ3) is 2.50. The van der Waals surface area contributed by atoms with Crippen molar-refractivity contribution in [3.8, 4) is 0 Å². The SMILES string of the molecule is O=C(COC(=O)C12C[C@@H]3C[C@@H](CC(Cl)(C3)C1)C2)c1c[nH]c2ccccc12. The van der Waals surface area contributed by atoms with Gasteiger partial charge in [-0.15, -0.1) is 11.6 Å². The van der Waals surface area contributed by atoms with Crippen LogP contribution in [-0.2, 0) is 9.53 Å². The van der Waals surface area contributed by atoms with Crippen molar-refractivity contribution in [1.29, 1.82) is 0 Å². The largest absolute Gasteiger partial charge is 0.457 e. The summed E-state index contributed by atoms with van der Waals surface area (Å²) in [5, 5.41) is 0.864. The van der Waals surface area contributed by atoms with Crippen LogP contribution in [0, 0.1) is 17.3 Å². The molecule has 4 saturated carbocycles. The first-order chi connectivity index (χ1) is 12.5. The number of carbonyl (C=O) groups excluding carboxylic acids is 2. The van der Waals surface area contributed by atoms with Crippen LogP contribution in [0.1, 0.15) is 48.9 Å². The molecule has 2 unspecified atom stereocenters. The van der Waals surface area contributed by atoms with Crippen LogP contribution in [0.3, 0.4) is 0 Å². The number of Topliss-reactive ketones (excluding diaryl/α,β-unsaturated/α-hetero) is 1. The lowest BCUT2D eigenvalue weighted by Gasteiger charge is -2.58. The zero-order valence-corrected chi connectivity index (χ0v) is 15.3. The van der Waals surface area contributed by atoms with Crippen molar-refractivity contribution >= 4 is 34.3 Å². The Hall–Kier alpha value is -1.81. The second kappa shape index (κ2) is 5.59. The molecule has 4 aliphatic rings. The van der Waals surface area contributed by atoms with Gasteiger partial charge in [0, 0.05) is 27.5 Å². The van der Waals surface area contributed by atoms with Crippen LogP contribution < -0.4 is 0 Å². The highest BCUT2D eigenvalue weighted by Gasteiger charge is 2.60. The number of para-hydroxylation sites is 1. The molecule has 5 heteroatoms. The van der Waals surface area contributed by atoms with Gasteiger partial charge in [-0.05, 0) is 56.4 Å². The molecule has 0 amide bonds. The molecular formula is C21H22ClNO3. The van der Waals surface area contributed by atoms with Gasteiger partial charge in [0.05, 0.1) is 5.41 Å². The van der Waals surface area contributed by atoms with E-state index in [0.717, 1.165) is 36.6 Å². The summed E-state index contributed by atoms with van der Waals surface area (Å²) >= 11 is 6.79. The number of hydrogen-bond acceptors (Lipinski definition) is 3. The average Bonchev–Trinajstić information content (AvgIpc) is 3.01. The highest BCUT2D eigenvalue weighted by molar-refractivity contribution is 6.24. The molecule has 0 aliphatic heterocycles. The van der Waals surface area contributed by atoms with Crippen LogP contribution in [0.5, 0.6) is 0 Å². The maximum absolute atomic E-state index is 12.9. The highest BCUT2D eigenvalue weighted by atomic mass is 35.5. The number of aromatic nitrogens is 1. The smallest absolute Gasteiger partial charge is 0.312 e. The van der Waals surface area contributed by atoms with E-state index >= 15 is 0 Å². The van der Waals surface area contributed by atoms with Gasteiger partial charge in [0.25, 0.3) is 0 Å². The second-order valence-electron chi connectivity index (χ2n) is 8.64. The number of alkyl halides is 1. The molecule has 4 aliphatic carbocycles. The fraction of sp³-hybridized carbons (Fsp3) is 0.524. The molecular weight excluding hydrogens is 350 g/mol. The molecule has 1 aromatic heterocycles. The number of fused-ring (bicyclic) bond motifs is 1. The van der Waals surface area contributed by atoms with Gasteiger partial charge >= 0.3 is 5.97 Å². The first-order valence-electron chi connectivity index (χ1n) is 9.42. The maximum atomic E-state index is 12.9. The van der Waals surface area contributed by atoms with Crippen LogP contribution in [-0.4, -0.2) is 28.2 Å². The van der Waals surface area contributed by atoms with Gasteiger partial charge < -0.3 is 9.72 Å². The topological polar surface area (TPSA) is 59.2 Å². The summed E-state index contributed by atoms with van der Waals surface area (Å²) in [5.74, 6) is 0.683. The molecule has 0 saturated heterocycles. The Morgan fingerprint density at radius 1 is 1.15 bits per heavy atom. The van der Waals surface area contributed by atoms with Crippen LogP contribution in [0.15, 0.2) is 30.5 Å². The van der Waals surface area contributed by atoms with Gasteiger partial charge in [-0.2, -0.15) is 0 Å². The van der Waals surface area contributed by atoms with Crippen molar-refractivity contribution in [2.75, 3.05) is 6.61 Å². The molecule has 4 fully saturated rings. The maximum Gasteiger partial charge on any atom is 0.312 e. The molecule has 4 bridgehead atoms. The zero-order chi connectivity index (χ0) is 17.9. The van der Waals surface area contributed by atoms with Gasteiger partial charge in [0.1, 0.15) is 0 Å². The van der Waals surface area contributed by atoms with Gasteiger partial charge in [0.15, 0.2) is 6.61 Å². The highest BCUT2D eigenvalue weighted by Crippen LogP contribution is 2.64. The van der Waals surface area contributed by atoms with E-state index < -0.39 is 5.41 Å². The molecule has 0 spiro atoms. The number of aromatic amines is 1. The van der Waals surface area contributed by atoms with Gasteiger partial charge in [0.2, 0.25) is 5.78 Å². The molecule has 4 atom stereocenters. The Kier molecular flexibility index (Phi) is 3.52. The molecule has 1 N–H and O–H groups in total. The van der Waals surface area contributed by atoms with Crippen molar-refractivity contribution in [2.45, 2.75) is 43.4 Å². The monoisotopic (exact) mass is 371 g/mol. The van der Waals surface area contributed by atoms with E-state index in [4.69, 9.17) is 16.3 Å².